The Morgan fingerprint density at radius 1 is 1.18 bits per heavy atom. The highest BCUT2D eigenvalue weighted by Crippen LogP contribution is 2.23. The lowest BCUT2D eigenvalue weighted by atomic mass is 10.2. The van der Waals surface area contributed by atoms with E-state index in [9.17, 15) is 14.4 Å². The van der Waals surface area contributed by atoms with Gasteiger partial charge < -0.3 is 19.5 Å². The zero-order valence-corrected chi connectivity index (χ0v) is 13.3. The van der Waals surface area contributed by atoms with Crippen LogP contribution >= 0.6 is 11.3 Å². The molecule has 1 rings (SSSR count). The highest BCUT2D eigenvalue weighted by molar-refractivity contribution is 7.08. The molecule has 22 heavy (non-hydrogen) atoms. The Kier molecular flexibility index (Phi) is 7.11. The molecule has 0 radical (unpaired) electrons. The van der Waals surface area contributed by atoms with Crippen LogP contribution < -0.4 is 5.32 Å². The first-order chi connectivity index (χ1) is 10.5. The number of rotatable bonds is 7. The molecular weight excluding hydrogens is 310 g/mol. The fourth-order valence-corrected chi connectivity index (χ4v) is 2.21. The van der Waals surface area contributed by atoms with E-state index in [2.05, 4.69) is 10.1 Å². The van der Waals surface area contributed by atoms with Crippen LogP contribution in [0.3, 0.4) is 0 Å². The first-order valence-corrected chi connectivity index (χ1v) is 7.44. The Balaban J connectivity index is 3.03. The molecule has 0 atom stereocenters. The summed E-state index contributed by atoms with van der Waals surface area (Å²) in [5.41, 5.74) is 0.482. The molecule has 1 aromatic heterocycles. The lowest BCUT2D eigenvalue weighted by Gasteiger charge is -2.10. The van der Waals surface area contributed by atoms with Crippen molar-refractivity contribution in [1.82, 2.24) is 0 Å². The molecule has 0 aliphatic rings. The molecule has 1 aromatic rings. The maximum Gasteiger partial charge on any atom is 0.355 e. The molecule has 0 saturated heterocycles. The van der Waals surface area contributed by atoms with E-state index in [4.69, 9.17) is 9.47 Å². The summed E-state index contributed by atoms with van der Waals surface area (Å²) in [5.74, 6) is -1.96. The smallest absolute Gasteiger partial charge is 0.355 e. The molecule has 7 nitrogen and oxygen atoms in total. The van der Waals surface area contributed by atoms with E-state index in [-0.39, 0.29) is 24.5 Å². The van der Waals surface area contributed by atoms with Gasteiger partial charge in [0.25, 0.3) is 0 Å². The number of nitrogens with one attached hydrogen (secondary N) is 1. The topological polar surface area (TPSA) is 90.9 Å². The van der Waals surface area contributed by atoms with Crippen LogP contribution in [-0.2, 0) is 23.8 Å². The third kappa shape index (κ3) is 4.88. The van der Waals surface area contributed by atoms with Crippen LogP contribution in [0.4, 0.5) is 5.69 Å². The van der Waals surface area contributed by atoms with Gasteiger partial charge in [-0.05, 0) is 13.8 Å². The minimum absolute atomic E-state index is 0.121. The fourth-order valence-electron chi connectivity index (χ4n) is 1.46. The minimum atomic E-state index is -0.724. The van der Waals surface area contributed by atoms with Crippen molar-refractivity contribution < 1.29 is 28.6 Å². The number of esters is 3. The molecule has 0 fully saturated rings. The predicted molar refractivity (Wildman–Crippen MR) is 80.6 cm³/mol. The third-order valence-electron chi connectivity index (χ3n) is 2.38. The highest BCUT2D eigenvalue weighted by atomic mass is 32.1. The first-order valence-electron chi connectivity index (χ1n) is 6.50. The summed E-state index contributed by atoms with van der Waals surface area (Å²) in [6.45, 7) is 3.62. The molecule has 0 spiro atoms. The molecule has 8 heteroatoms. The van der Waals surface area contributed by atoms with Gasteiger partial charge in [0.05, 0.1) is 37.7 Å². The number of carbonyl (C=O) groups excluding carboxylic acids is 3. The summed E-state index contributed by atoms with van der Waals surface area (Å²) in [6.07, 6.45) is 0.986. The predicted octanol–water partition coefficient (Wildman–Crippen LogP) is 1.96. The standard InChI is InChI=1S/C14H17NO6S/c1-4-20-12(16)6-10(14(18)21-5-2)15-11-8-22-7-9(11)13(17)19-3/h6-8,15H,4-5H2,1-3H3/b10-6+. The van der Waals surface area contributed by atoms with Crippen LogP contribution in [0.15, 0.2) is 22.5 Å². The Morgan fingerprint density at radius 2 is 1.86 bits per heavy atom. The Morgan fingerprint density at radius 3 is 2.45 bits per heavy atom. The van der Waals surface area contributed by atoms with Gasteiger partial charge in [-0.15, -0.1) is 11.3 Å². The van der Waals surface area contributed by atoms with Crippen LogP contribution in [0.2, 0.25) is 0 Å². The molecule has 0 aromatic carbocycles. The molecule has 0 saturated carbocycles. The highest BCUT2D eigenvalue weighted by Gasteiger charge is 2.19. The van der Waals surface area contributed by atoms with Crippen molar-refractivity contribution >= 4 is 34.9 Å². The number of ether oxygens (including phenoxy) is 3. The normalized spacial score (nSPS) is 10.8. The SMILES string of the molecule is CCOC(=O)/C=C(/Nc1cscc1C(=O)OC)C(=O)OCC. The second-order valence-electron chi connectivity index (χ2n) is 3.85. The van der Waals surface area contributed by atoms with Gasteiger partial charge >= 0.3 is 17.9 Å². The van der Waals surface area contributed by atoms with Gasteiger partial charge in [-0.2, -0.15) is 0 Å². The van der Waals surface area contributed by atoms with Gasteiger partial charge in [0.15, 0.2) is 0 Å². The summed E-state index contributed by atoms with van der Waals surface area (Å²) < 4.78 is 14.3. The second kappa shape index (κ2) is 8.83. The lowest BCUT2D eigenvalue weighted by molar-refractivity contribution is -0.140. The summed E-state index contributed by atoms with van der Waals surface area (Å²) in [4.78, 5) is 35.0. The van der Waals surface area contributed by atoms with Crippen molar-refractivity contribution in [2.24, 2.45) is 0 Å². The average molecular weight is 327 g/mol. The fraction of sp³-hybridized carbons (Fsp3) is 0.357. The maximum absolute atomic E-state index is 11.9. The number of hydrogen-bond acceptors (Lipinski definition) is 8. The van der Waals surface area contributed by atoms with Crippen molar-refractivity contribution in [3.63, 3.8) is 0 Å². The van der Waals surface area contributed by atoms with E-state index in [1.54, 1.807) is 24.6 Å². The van der Waals surface area contributed by atoms with Gasteiger partial charge in [0.1, 0.15) is 5.70 Å². The number of anilines is 1. The van der Waals surface area contributed by atoms with Crippen LogP contribution in [0.5, 0.6) is 0 Å². The Hall–Kier alpha value is -2.35. The number of thiophene rings is 1. The monoisotopic (exact) mass is 327 g/mol. The van der Waals surface area contributed by atoms with Gasteiger partial charge in [-0.3, -0.25) is 0 Å². The van der Waals surface area contributed by atoms with E-state index in [0.29, 0.717) is 5.69 Å². The van der Waals surface area contributed by atoms with Crippen molar-refractivity contribution in [3.8, 4) is 0 Å². The zero-order chi connectivity index (χ0) is 16.5. The van der Waals surface area contributed by atoms with E-state index in [1.807, 2.05) is 0 Å². The molecule has 0 aliphatic heterocycles. The Labute approximate surface area is 131 Å². The van der Waals surface area contributed by atoms with E-state index < -0.39 is 17.9 Å². The molecule has 1 heterocycles. The first kappa shape index (κ1) is 17.7. The van der Waals surface area contributed by atoms with Gasteiger partial charge in [-0.1, -0.05) is 0 Å². The largest absolute Gasteiger partial charge is 0.465 e. The summed E-state index contributed by atoms with van der Waals surface area (Å²) >= 11 is 1.25. The molecule has 0 unspecified atom stereocenters. The van der Waals surface area contributed by atoms with E-state index >= 15 is 0 Å². The van der Waals surface area contributed by atoms with Gasteiger partial charge in [0, 0.05) is 10.8 Å². The van der Waals surface area contributed by atoms with Gasteiger partial charge in [-0.25, -0.2) is 14.4 Å². The lowest BCUT2D eigenvalue weighted by Crippen LogP contribution is -2.18. The minimum Gasteiger partial charge on any atom is -0.465 e. The van der Waals surface area contributed by atoms with E-state index in [1.165, 1.54) is 18.4 Å². The molecule has 0 amide bonds. The second-order valence-corrected chi connectivity index (χ2v) is 4.59. The van der Waals surface area contributed by atoms with Crippen LogP contribution in [0.25, 0.3) is 0 Å². The molecule has 120 valence electrons. The van der Waals surface area contributed by atoms with Crippen molar-refractivity contribution in [3.05, 3.63) is 28.1 Å². The zero-order valence-electron chi connectivity index (χ0n) is 12.5. The molecule has 1 N–H and O–H groups in total. The summed E-state index contributed by atoms with van der Waals surface area (Å²) in [5, 5.41) is 5.90. The molecule has 0 aliphatic carbocycles. The number of carbonyl (C=O) groups is 3. The summed E-state index contributed by atoms with van der Waals surface area (Å²) in [6, 6.07) is 0. The van der Waals surface area contributed by atoms with Crippen molar-refractivity contribution in [2.75, 3.05) is 25.6 Å². The third-order valence-corrected chi connectivity index (χ3v) is 3.12. The number of methoxy groups -OCH3 is 1. The van der Waals surface area contributed by atoms with Crippen LogP contribution in [0, 0.1) is 0 Å². The quantitative estimate of drug-likeness (QED) is 0.465. The van der Waals surface area contributed by atoms with E-state index in [0.717, 1.165) is 6.08 Å². The van der Waals surface area contributed by atoms with Crippen LogP contribution in [0.1, 0.15) is 24.2 Å². The molecular formula is C14H17NO6S. The Bertz CT molecular complexity index is 578. The number of hydrogen-bond donors (Lipinski definition) is 1. The summed E-state index contributed by atoms with van der Waals surface area (Å²) in [7, 11) is 1.25. The molecule has 0 bridgehead atoms. The van der Waals surface area contributed by atoms with Crippen molar-refractivity contribution in [2.45, 2.75) is 13.8 Å². The van der Waals surface area contributed by atoms with Gasteiger partial charge in [0.2, 0.25) is 0 Å². The van der Waals surface area contributed by atoms with Crippen molar-refractivity contribution in [1.29, 1.82) is 0 Å². The maximum atomic E-state index is 11.9. The van der Waals surface area contributed by atoms with Crippen LogP contribution in [-0.4, -0.2) is 38.2 Å². The average Bonchev–Trinajstić information content (AvgIpc) is 2.94.